The molecule has 1 aromatic carbocycles. The van der Waals surface area contributed by atoms with Gasteiger partial charge in [0.25, 0.3) is 0 Å². The Morgan fingerprint density at radius 3 is 2.56 bits per heavy atom. The number of aliphatic hydroxyl groups excluding tert-OH is 1. The van der Waals surface area contributed by atoms with E-state index in [1.54, 1.807) is 6.07 Å². The van der Waals surface area contributed by atoms with Crippen LogP contribution in [-0.2, 0) is 16.3 Å². The van der Waals surface area contributed by atoms with E-state index in [-0.39, 0.29) is 6.61 Å². The third kappa shape index (κ3) is 3.50. The van der Waals surface area contributed by atoms with Gasteiger partial charge in [0.2, 0.25) is 0 Å². The number of hydrogen-bond donors (Lipinski definition) is 1. The average Bonchev–Trinajstić information content (AvgIpc) is 2.24. The third-order valence-electron chi connectivity index (χ3n) is 2.25. The van der Waals surface area contributed by atoms with Crippen LogP contribution in [0, 0.1) is 0 Å². The molecule has 1 N–H and O–H groups in total. The Labute approximate surface area is 101 Å². The minimum atomic E-state index is -3.15. The monoisotopic (exact) mass is 260 g/mol. The van der Waals surface area contributed by atoms with Crippen molar-refractivity contribution in [3.63, 3.8) is 0 Å². The molecule has 1 aromatic rings. The van der Waals surface area contributed by atoms with E-state index in [2.05, 4.69) is 0 Å². The minimum absolute atomic E-state index is 0.155. The number of aliphatic hydroxyl groups is 1. The number of rotatable bonds is 5. The molecule has 1 rings (SSSR count). The summed E-state index contributed by atoms with van der Waals surface area (Å²) < 4.78 is 23.0. The lowest BCUT2D eigenvalue weighted by atomic mass is 10.1. The molecule has 0 spiro atoms. The second-order valence-electron chi connectivity index (χ2n) is 3.58. The Balaban J connectivity index is 3.07. The maximum Gasteiger partial charge on any atom is 0.176 e. The topological polar surface area (TPSA) is 54.4 Å². The summed E-state index contributed by atoms with van der Waals surface area (Å²) in [6, 6.07) is 5.34. The van der Waals surface area contributed by atoms with Gasteiger partial charge in [0.1, 0.15) is 0 Å². The molecule has 0 aromatic heterocycles. The molecular formula is C11H16O3S2. The third-order valence-corrected chi connectivity index (χ3v) is 4.31. The predicted molar refractivity (Wildman–Crippen MR) is 66.7 cm³/mol. The van der Waals surface area contributed by atoms with Gasteiger partial charge in [-0.25, -0.2) is 8.42 Å². The zero-order valence-corrected chi connectivity index (χ0v) is 11.1. The highest BCUT2D eigenvalue weighted by molar-refractivity contribution is 7.99. The van der Waals surface area contributed by atoms with E-state index >= 15 is 0 Å². The van der Waals surface area contributed by atoms with Gasteiger partial charge in [-0.05, 0) is 36.8 Å². The van der Waals surface area contributed by atoms with Crippen molar-refractivity contribution in [3.8, 4) is 0 Å². The summed E-state index contributed by atoms with van der Waals surface area (Å²) in [5.41, 5.74) is 1.06. The summed E-state index contributed by atoms with van der Waals surface area (Å²) in [5, 5.41) is 8.74. The van der Waals surface area contributed by atoms with Crippen LogP contribution in [0.25, 0.3) is 0 Å². The maximum atomic E-state index is 11.5. The lowest BCUT2D eigenvalue weighted by Crippen LogP contribution is -2.00. The summed E-state index contributed by atoms with van der Waals surface area (Å²) in [7, 11) is -3.15. The first-order valence-electron chi connectivity index (χ1n) is 4.97. The van der Waals surface area contributed by atoms with Crippen LogP contribution < -0.4 is 0 Å². The normalized spacial score (nSPS) is 11.7. The molecule has 0 heterocycles. The van der Waals surface area contributed by atoms with E-state index in [1.807, 2.05) is 18.4 Å². The van der Waals surface area contributed by atoms with E-state index in [0.29, 0.717) is 11.3 Å². The van der Waals surface area contributed by atoms with Gasteiger partial charge in [-0.2, -0.15) is 0 Å². The molecule has 0 atom stereocenters. The predicted octanol–water partition coefficient (Wildman–Crippen LogP) is 1.74. The van der Waals surface area contributed by atoms with Gasteiger partial charge in [-0.1, -0.05) is 6.07 Å². The van der Waals surface area contributed by atoms with Gasteiger partial charge in [-0.3, -0.25) is 0 Å². The first-order chi connectivity index (χ1) is 7.49. The van der Waals surface area contributed by atoms with Crippen molar-refractivity contribution in [3.05, 3.63) is 23.8 Å². The van der Waals surface area contributed by atoms with Crippen LogP contribution in [0.5, 0.6) is 0 Å². The number of thioether (sulfide) groups is 1. The quantitative estimate of drug-likeness (QED) is 0.819. The van der Waals surface area contributed by atoms with Crippen molar-refractivity contribution >= 4 is 21.6 Å². The Morgan fingerprint density at radius 2 is 2.06 bits per heavy atom. The molecule has 0 bridgehead atoms. The fraction of sp³-hybridized carbons (Fsp3) is 0.455. The molecule has 0 saturated heterocycles. The summed E-state index contributed by atoms with van der Waals surface area (Å²) in [5.74, 6) is 0. The highest BCUT2D eigenvalue weighted by Gasteiger charge is 2.12. The van der Waals surface area contributed by atoms with Crippen molar-refractivity contribution in [1.29, 1.82) is 0 Å². The fourth-order valence-corrected chi connectivity index (χ4v) is 3.44. The Morgan fingerprint density at radius 1 is 1.38 bits per heavy atom. The van der Waals surface area contributed by atoms with Crippen molar-refractivity contribution < 1.29 is 13.5 Å². The van der Waals surface area contributed by atoms with Gasteiger partial charge in [0.05, 0.1) is 4.90 Å². The lowest BCUT2D eigenvalue weighted by Gasteiger charge is -2.08. The first-order valence-corrected chi connectivity index (χ1v) is 8.08. The Hall–Kier alpha value is -0.520. The minimum Gasteiger partial charge on any atom is -0.396 e. The maximum absolute atomic E-state index is 11.5. The second-order valence-corrected chi connectivity index (χ2v) is 6.42. The SMILES string of the molecule is CSc1cc(CCCO)ccc1S(C)(=O)=O. The van der Waals surface area contributed by atoms with Crippen LogP contribution in [0.4, 0.5) is 0 Å². The molecule has 0 unspecified atom stereocenters. The standard InChI is InChI=1S/C11H16O3S2/c1-15-10-8-9(4-3-7-12)5-6-11(10)16(2,13)14/h5-6,8,12H,3-4,7H2,1-2H3. The van der Waals surface area contributed by atoms with E-state index in [4.69, 9.17) is 5.11 Å². The molecule has 16 heavy (non-hydrogen) atoms. The van der Waals surface area contributed by atoms with Crippen molar-refractivity contribution in [2.24, 2.45) is 0 Å². The zero-order chi connectivity index (χ0) is 12.2. The van der Waals surface area contributed by atoms with Gasteiger partial charge in [-0.15, -0.1) is 11.8 Å². The van der Waals surface area contributed by atoms with Crippen molar-refractivity contribution in [1.82, 2.24) is 0 Å². The molecule has 3 nitrogen and oxygen atoms in total. The first kappa shape index (κ1) is 13.5. The smallest absolute Gasteiger partial charge is 0.176 e. The number of aryl methyl sites for hydroxylation is 1. The van der Waals surface area contributed by atoms with E-state index in [1.165, 1.54) is 18.0 Å². The number of hydrogen-bond acceptors (Lipinski definition) is 4. The van der Waals surface area contributed by atoms with Gasteiger partial charge >= 0.3 is 0 Å². The van der Waals surface area contributed by atoms with E-state index in [0.717, 1.165) is 16.9 Å². The molecule has 0 aliphatic heterocycles. The van der Waals surface area contributed by atoms with E-state index < -0.39 is 9.84 Å². The molecule has 0 fully saturated rings. The lowest BCUT2D eigenvalue weighted by molar-refractivity contribution is 0.288. The molecule has 0 aliphatic rings. The molecule has 90 valence electrons. The van der Waals surface area contributed by atoms with Gasteiger partial charge < -0.3 is 5.11 Å². The summed E-state index contributed by atoms with van der Waals surface area (Å²) in [6.07, 6.45) is 4.55. The Bertz CT molecular complexity index is 452. The van der Waals surface area contributed by atoms with Crippen molar-refractivity contribution in [2.45, 2.75) is 22.6 Å². The fourth-order valence-electron chi connectivity index (χ4n) is 1.46. The second kappa shape index (κ2) is 5.70. The van der Waals surface area contributed by atoms with Crippen molar-refractivity contribution in [2.75, 3.05) is 19.1 Å². The number of sulfone groups is 1. The van der Waals surface area contributed by atoms with Crippen LogP contribution in [-0.4, -0.2) is 32.6 Å². The molecule has 0 amide bonds. The van der Waals surface area contributed by atoms with Gasteiger partial charge in [0.15, 0.2) is 9.84 Å². The van der Waals surface area contributed by atoms with Crippen LogP contribution in [0.2, 0.25) is 0 Å². The Kier molecular flexibility index (Phi) is 4.83. The molecule has 0 aliphatic carbocycles. The highest BCUT2D eigenvalue weighted by atomic mass is 32.2. The summed E-state index contributed by atoms with van der Waals surface area (Å²) >= 11 is 1.43. The largest absolute Gasteiger partial charge is 0.396 e. The number of benzene rings is 1. The molecule has 0 saturated carbocycles. The molecule has 0 radical (unpaired) electrons. The zero-order valence-electron chi connectivity index (χ0n) is 9.43. The molecule has 5 heteroatoms. The van der Waals surface area contributed by atoms with Gasteiger partial charge in [0, 0.05) is 17.8 Å². The van der Waals surface area contributed by atoms with E-state index in [9.17, 15) is 8.42 Å². The highest BCUT2D eigenvalue weighted by Crippen LogP contribution is 2.26. The van der Waals surface area contributed by atoms with Crippen LogP contribution in [0.15, 0.2) is 28.0 Å². The van der Waals surface area contributed by atoms with Crippen LogP contribution >= 0.6 is 11.8 Å². The molecular weight excluding hydrogens is 244 g/mol. The van der Waals surface area contributed by atoms with Crippen LogP contribution in [0.3, 0.4) is 0 Å². The summed E-state index contributed by atoms with van der Waals surface area (Å²) in [6.45, 7) is 0.155. The summed E-state index contributed by atoms with van der Waals surface area (Å²) in [4.78, 5) is 1.16. The average molecular weight is 260 g/mol. The van der Waals surface area contributed by atoms with Crippen LogP contribution in [0.1, 0.15) is 12.0 Å².